The van der Waals surface area contributed by atoms with E-state index >= 15 is 0 Å². The van der Waals surface area contributed by atoms with E-state index in [0.717, 1.165) is 35.5 Å². The van der Waals surface area contributed by atoms with E-state index in [1.165, 1.54) is 4.88 Å². The van der Waals surface area contributed by atoms with Crippen LogP contribution in [-0.4, -0.2) is 5.75 Å². The molecule has 1 nitrogen and oxygen atoms in total. The molecule has 4 heteroatoms. The van der Waals surface area contributed by atoms with Crippen LogP contribution in [-0.2, 0) is 0 Å². The van der Waals surface area contributed by atoms with Crippen molar-refractivity contribution in [1.29, 1.82) is 0 Å². The predicted octanol–water partition coefficient (Wildman–Crippen LogP) is 5.56. The molecule has 112 valence electrons. The van der Waals surface area contributed by atoms with Gasteiger partial charge in [-0.25, -0.2) is 4.39 Å². The Hall–Kier alpha value is -0.840. The van der Waals surface area contributed by atoms with Gasteiger partial charge in [0, 0.05) is 21.9 Å². The molecule has 0 amide bonds. The minimum Gasteiger partial charge on any atom is -0.302 e. The average molecular weight is 321 g/mol. The highest BCUT2D eigenvalue weighted by atomic mass is 32.2. The molecule has 0 saturated heterocycles. The lowest BCUT2D eigenvalue weighted by atomic mass is 10.0. The van der Waals surface area contributed by atoms with Gasteiger partial charge >= 0.3 is 0 Å². The summed E-state index contributed by atoms with van der Waals surface area (Å²) in [5.74, 6) is 0.904. The van der Waals surface area contributed by atoms with Crippen molar-refractivity contribution in [3.05, 3.63) is 52.0 Å². The van der Waals surface area contributed by atoms with Crippen LogP contribution in [0.4, 0.5) is 4.39 Å². The van der Waals surface area contributed by atoms with E-state index in [0.29, 0.717) is 6.04 Å². The van der Waals surface area contributed by atoms with Crippen LogP contribution < -0.4 is 5.32 Å². The van der Waals surface area contributed by atoms with Gasteiger partial charge in [0.2, 0.25) is 0 Å². The van der Waals surface area contributed by atoms with Gasteiger partial charge in [-0.1, -0.05) is 31.5 Å². The van der Waals surface area contributed by atoms with Gasteiger partial charge in [0.25, 0.3) is 0 Å². The van der Waals surface area contributed by atoms with Crippen LogP contribution in [0.25, 0.3) is 0 Å². The standard InChI is InChI=1S/C17H20FNS2/c1-2-5-15(16-8-4-10-20-16)19-14-9-11-21-17-12(14)6-3-7-13(17)18/h3-4,6-8,10,14-15,19H,2,5,9,11H2,1H3. The molecule has 3 rings (SSSR count). The molecule has 1 aliphatic rings. The molecule has 1 aromatic carbocycles. The van der Waals surface area contributed by atoms with E-state index in [4.69, 9.17) is 0 Å². The van der Waals surface area contributed by atoms with Crippen LogP contribution in [0.15, 0.2) is 40.6 Å². The Morgan fingerprint density at radius 2 is 2.24 bits per heavy atom. The topological polar surface area (TPSA) is 12.0 Å². The summed E-state index contributed by atoms with van der Waals surface area (Å²) in [4.78, 5) is 2.22. The number of rotatable bonds is 5. The van der Waals surface area contributed by atoms with Crippen molar-refractivity contribution in [3.63, 3.8) is 0 Å². The van der Waals surface area contributed by atoms with Crippen LogP contribution in [0, 0.1) is 5.82 Å². The maximum Gasteiger partial charge on any atom is 0.137 e. The molecule has 1 aromatic heterocycles. The van der Waals surface area contributed by atoms with Crippen LogP contribution in [0.2, 0.25) is 0 Å². The Morgan fingerprint density at radius 3 is 3.00 bits per heavy atom. The summed E-state index contributed by atoms with van der Waals surface area (Å²) < 4.78 is 14.0. The Morgan fingerprint density at radius 1 is 1.33 bits per heavy atom. The third-order valence-corrected chi connectivity index (χ3v) is 6.04. The minimum absolute atomic E-state index is 0.0767. The molecular formula is C17H20FNS2. The molecule has 2 unspecified atom stereocenters. The van der Waals surface area contributed by atoms with Crippen LogP contribution in [0.1, 0.15) is 48.7 Å². The van der Waals surface area contributed by atoms with Crippen molar-refractivity contribution in [2.45, 2.75) is 43.2 Å². The molecule has 2 aromatic rings. The number of thiophene rings is 1. The Kier molecular flexibility index (Phi) is 4.99. The molecule has 1 N–H and O–H groups in total. The second-order valence-corrected chi connectivity index (χ2v) is 7.46. The van der Waals surface area contributed by atoms with Gasteiger partial charge in [-0.2, -0.15) is 0 Å². The first-order chi connectivity index (χ1) is 10.3. The number of nitrogens with one attached hydrogen (secondary N) is 1. The van der Waals surface area contributed by atoms with E-state index in [9.17, 15) is 4.39 Å². The van der Waals surface area contributed by atoms with E-state index in [1.807, 2.05) is 6.07 Å². The lowest BCUT2D eigenvalue weighted by Gasteiger charge is -2.30. The summed E-state index contributed by atoms with van der Waals surface area (Å²) >= 11 is 3.45. The van der Waals surface area contributed by atoms with Gasteiger partial charge in [0.15, 0.2) is 0 Å². The quantitative estimate of drug-likeness (QED) is 0.774. The maximum atomic E-state index is 14.0. The smallest absolute Gasteiger partial charge is 0.137 e. The summed E-state index contributed by atoms with van der Waals surface area (Å²) in [6.45, 7) is 2.21. The molecule has 2 atom stereocenters. The van der Waals surface area contributed by atoms with Crippen LogP contribution >= 0.6 is 23.1 Å². The third kappa shape index (κ3) is 3.33. The lowest BCUT2D eigenvalue weighted by Crippen LogP contribution is -2.28. The number of hydrogen-bond donors (Lipinski definition) is 1. The zero-order chi connectivity index (χ0) is 14.7. The van der Waals surface area contributed by atoms with Gasteiger partial charge in [-0.15, -0.1) is 23.1 Å². The van der Waals surface area contributed by atoms with E-state index < -0.39 is 0 Å². The molecule has 0 saturated carbocycles. The molecule has 1 aliphatic heterocycles. The SMILES string of the molecule is CCCC(NC1CCSc2c(F)cccc21)c1cccs1. The van der Waals surface area contributed by atoms with Crippen LogP contribution in [0.5, 0.6) is 0 Å². The number of halogens is 1. The van der Waals surface area contributed by atoms with Crippen molar-refractivity contribution in [2.24, 2.45) is 0 Å². The van der Waals surface area contributed by atoms with Crippen molar-refractivity contribution in [1.82, 2.24) is 5.32 Å². The maximum absolute atomic E-state index is 14.0. The van der Waals surface area contributed by atoms with Gasteiger partial charge in [-0.05, 0) is 41.7 Å². The van der Waals surface area contributed by atoms with Gasteiger partial charge in [0.05, 0.1) is 0 Å². The molecule has 0 radical (unpaired) electrons. The van der Waals surface area contributed by atoms with Gasteiger partial charge < -0.3 is 5.32 Å². The van der Waals surface area contributed by atoms with E-state index in [-0.39, 0.29) is 11.9 Å². The number of thioether (sulfide) groups is 1. The first kappa shape index (κ1) is 15.1. The predicted molar refractivity (Wildman–Crippen MR) is 89.6 cm³/mol. The average Bonchev–Trinajstić information content (AvgIpc) is 3.02. The fraction of sp³-hybridized carbons (Fsp3) is 0.412. The first-order valence-corrected chi connectivity index (χ1v) is 9.36. The zero-order valence-corrected chi connectivity index (χ0v) is 13.8. The molecule has 21 heavy (non-hydrogen) atoms. The number of hydrogen-bond acceptors (Lipinski definition) is 3. The number of benzene rings is 1. The molecule has 0 aliphatic carbocycles. The highest BCUT2D eigenvalue weighted by Gasteiger charge is 2.25. The molecule has 0 fully saturated rings. The second-order valence-electron chi connectivity index (χ2n) is 5.37. The zero-order valence-electron chi connectivity index (χ0n) is 12.1. The van der Waals surface area contributed by atoms with Crippen molar-refractivity contribution < 1.29 is 4.39 Å². The molecule has 0 bridgehead atoms. The third-order valence-electron chi connectivity index (χ3n) is 3.89. The van der Waals surface area contributed by atoms with Gasteiger partial charge in [0.1, 0.15) is 5.82 Å². The fourth-order valence-electron chi connectivity index (χ4n) is 2.89. The highest BCUT2D eigenvalue weighted by Crippen LogP contribution is 2.39. The summed E-state index contributed by atoms with van der Waals surface area (Å²) in [5, 5.41) is 5.90. The van der Waals surface area contributed by atoms with E-state index in [1.54, 1.807) is 29.2 Å². The number of fused-ring (bicyclic) bond motifs is 1. The summed E-state index contributed by atoms with van der Waals surface area (Å²) in [5.41, 5.74) is 1.13. The summed E-state index contributed by atoms with van der Waals surface area (Å²) in [6, 6.07) is 10.4. The van der Waals surface area contributed by atoms with Crippen molar-refractivity contribution in [3.8, 4) is 0 Å². The fourth-order valence-corrected chi connectivity index (χ4v) is 4.85. The Balaban J connectivity index is 1.83. The minimum atomic E-state index is -0.0767. The van der Waals surface area contributed by atoms with Gasteiger partial charge in [-0.3, -0.25) is 0 Å². The Labute approximate surface area is 134 Å². The Bertz CT molecular complexity index is 582. The summed E-state index contributed by atoms with van der Waals surface area (Å²) in [6.07, 6.45) is 3.33. The molecule has 0 spiro atoms. The monoisotopic (exact) mass is 321 g/mol. The lowest BCUT2D eigenvalue weighted by molar-refractivity contribution is 0.409. The second kappa shape index (κ2) is 6.95. The highest BCUT2D eigenvalue weighted by molar-refractivity contribution is 7.99. The summed E-state index contributed by atoms with van der Waals surface area (Å²) in [7, 11) is 0. The van der Waals surface area contributed by atoms with Crippen LogP contribution in [0.3, 0.4) is 0 Å². The van der Waals surface area contributed by atoms with Crippen molar-refractivity contribution in [2.75, 3.05) is 5.75 Å². The normalized spacial score (nSPS) is 19.2. The largest absolute Gasteiger partial charge is 0.302 e. The van der Waals surface area contributed by atoms with E-state index in [2.05, 4.69) is 35.8 Å². The first-order valence-electron chi connectivity index (χ1n) is 7.50. The molecule has 2 heterocycles. The van der Waals surface area contributed by atoms with Crippen molar-refractivity contribution >= 4 is 23.1 Å². The molecular weight excluding hydrogens is 301 g/mol.